The van der Waals surface area contributed by atoms with Gasteiger partial charge in [-0.3, -0.25) is 10.1 Å². The maximum Gasteiger partial charge on any atom is 0.363 e. The number of sulfonamides is 1. The Morgan fingerprint density at radius 3 is 2.21 bits per heavy atom. The molecule has 0 radical (unpaired) electrons. The summed E-state index contributed by atoms with van der Waals surface area (Å²) < 4.78 is 42.1. The molecule has 2 aromatic rings. The van der Waals surface area contributed by atoms with Gasteiger partial charge in [-0.2, -0.15) is 4.31 Å². The zero-order valence-corrected chi connectivity index (χ0v) is 19.8. The van der Waals surface area contributed by atoms with E-state index in [1.807, 2.05) is 0 Å². The molecule has 0 atom stereocenters. The number of nitrogens with zero attached hydrogens (tertiary/aromatic N) is 3. The number of hydrogen-bond acceptors (Lipinski definition) is 9. The monoisotopic (exact) mass is 489 g/mol. The lowest BCUT2D eigenvalue weighted by Gasteiger charge is -2.18. The third-order valence-corrected chi connectivity index (χ3v) is 7.15. The first kappa shape index (κ1) is 24.9. The van der Waals surface area contributed by atoms with Gasteiger partial charge >= 0.3 is 5.97 Å². The van der Waals surface area contributed by atoms with Gasteiger partial charge in [-0.25, -0.2) is 18.2 Å². The molecule has 34 heavy (non-hydrogen) atoms. The minimum Gasteiger partial charge on any atom is -0.493 e. The molecule has 2 aromatic carbocycles. The third-order valence-electron chi connectivity index (χ3n) is 5.09. The second-order valence-electron chi connectivity index (χ2n) is 6.97. The molecule has 1 aliphatic heterocycles. The van der Waals surface area contributed by atoms with Crippen LogP contribution in [0.2, 0.25) is 0 Å². The summed E-state index contributed by atoms with van der Waals surface area (Å²) in [5, 5.41) is 11.5. The quantitative estimate of drug-likeness (QED) is 0.227. The molecule has 11 nitrogen and oxygen atoms in total. The van der Waals surface area contributed by atoms with Crippen LogP contribution in [0.25, 0.3) is 6.08 Å². The standard InChI is InChI=1S/C22H23N3O8S/c1-5-24(6-2)34(29,30)16-9-7-14(8-10-16)21-23-17(22(26)33-21)11-15-12-19(31-3)20(32-4)13-18(15)25(27)28/h7-13H,5-6H2,1-4H3/b17-11+. The van der Waals surface area contributed by atoms with Crippen LogP contribution in [-0.4, -0.2) is 56.8 Å². The topological polar surface area (TPSA) is 138 Å². The van der Waals surface area contributed by atoms with Gasteiger partial charge in [-0.15, -0.1) is 0 Å². The number of carbonyl (C=O) groups is 1. The van der Waals surface area contributed by atoms with E-state index in [0.29, 0.717) is 18.7 Å². The third kappa shape index (κ3) is 4.77. The van der Waals surface area contributed by atoms with Crippen molar-refractivity contribution in [2.75, 3.05) is 27.3 Å². The van der Waals surface area contributed by atoms with Crippen molar-refractivity contribution in [3.63, 3.8) is 0 Å². The number of hydrogen-bond donors (Lipinski definition) is 0. The predicted octanol–water partition coefficient (Wildman–Crippen LogP) is 2.99. The van der Waals surface area contributed by atoms with Crippen molar-refractivity contribution in [3.05, 3.63) is 63.3 Å². The van der Waals surface area contributed by atoms with E-state index >= 15 is 0 Å². The van der Waals surface area contributed by atoms with E-state index in [0.717, 1.165) is 0 Å². The Morgan fingerprint density at radius 2 is 1.68 bits per heavy atom. The van der Waals surface area contributed by atoms with Crippen molar-refractivity contribution in [1.82, 2.24) is 4.31 Å². The number of nitro groups is 1. The molecule has 1 heterocycles. The number of aliphatic imine (C=N–C) groups is 1. The van der Waals surface area contributed by atoms with Crippen LogP contribution in [0.4, 0.5) is 5.69 Å². The fourth-order valence-corrected chi connectivity index (χ4v) is 4.78. The Hall–Kier alpha value is -3.77. The molecule has 0 N–H and O–H groups in total. The summed E-state index contributed by atoms with van der Waals surface area (Å²) in [5.74, 6) is -0.458. The van der Waals surface area contributed by atoms with Crippen LogP contribution < -0.4 is 9.47 Å². The van der Waals surface area contributed by atoms with E-state index in [4.69, 9.17) is 14.2 Å². The second-order valence-corrected chi connectivity index (χ2v) is 8.91. The lowest BCUT2D eigenvalue weighted by Crippen LogP contribution is -2.30. The number of cyclic esters (lactones) is 1. The van der Waals surface area contributed by atoms with Crippen LogP contribution in [0.15, 0.2) is 52.0 Å². The molecule has 0 unspecified atom stereocenters. The molecule has 0 spiro atoms. The van der Waals surface area contributed by atoms with Crippen LogP contribution in [0.1, 0.15) is 25.0 Å². The second kappa shape index (κ2) is 10.0. The van der Waals surface area contributed by atoms with Gasteiger partial charge in [0, 0.05) is 18.7 Å². The van der Waals surface area contributed by atoms with Gasteiger partial charge in [-0.1, -0.05) is 13.8 Å². The van der Waals surface area contributed by atoms with Gasteiger partial charge in [0.1, 0.15) is 0 Å². The van der Waals surface area contributed by atoms with Gasteiger partial charge in [0.05, 0.1) is 35.7 Å². The Labute approximate surface area is 196 Å². The number of esters is 1. The minimum absolute atomic E-state index is 0.0498. The van der Waals surface area contributed by atoms with Crippen LogP contribution >= 0.6 is 0 Å². The number of carbonyl (C=O) groups excluding carboxylic acids is 1. The van der Waals surface area contributed by atoms with Crippen LogP contribution in [0.5, 0.6) is 11.5 Å². The normalized spacial score (nSPS) is 14.8. The first-order valence-electron chi connectivity index (χ1n) is 10.2. The Kier molecular flexibility index (Phi) is 7.32. The number of nitro benzene ring substituents is 1. The Bertz CT molecular complexity index is 1280. The molecule has 0 saturated heterocycles. The predicted molar refractivity (Wildman–Crippen MR) is 123 cm³/mol. The fraction of sp³-hybridized carbons (Fsp3) is 0.273. The highest BCUT2D eigenvalue weighted by molar-refractivity contribution is 7.89. The summed E-state index contributed by atoms with van der Waals surface area (Å²) in [7, 11) is -0.911. The molecule has 180 valence electrons. The average Bonchev–Trinajstić information content (AvgIpc) is 3.19. The maximum atomic E-state index is 12.6. The molecule has 3 rings (SSSR count). The highest BCUT2D eigenvalue weighted by Gasteiger charge is 2.27. The lowest BCUT2D eigenvalue weighted by atomic mass is 10.1. The smallest absolute Gasteiger partial charge is 0.363 e. The van der Waals surface area contributed by atoms with E-state index in [9.17, 15) is 23.3 Å². The summed E-state index contributed by atoms with van der Waals surface area (Å²) in [4.78, 5) is 27.5. The van der Waals surface area contributed by atoms with Gasteiger partial charge in [0.25, 0.3) is 5.69 Å². The van der Waals surface area contributed by atoms with Crippen molar-refractivity contribution in [2.24, 2.45) is 4.99 Å². The summed E-state index contributed by atoms with van der Waals surface area (Å²) >= 11 is 0. The van der Waals surface area contributed by atoms with Crippen molar-refractivity contribution in [1.29, 1.82) is 0 Å². The summed E-state index contributed by atoms with van der Waals surface area (Å²) in [5.41, 5.74) is -0.0324. The minimum atomic E-state index is -3.64. The van der Waals surface area contributed by atoms with Crippen molar-refractivity contribution < 1.29 is 32.3 Å². The first-order chi connectivity index (χ1) is 16.2. The van der Waals surface area contributed by atoms with Gasteiger partial charge in [0.2, 0.25) is 15.9 Å². The molecular weight excluding hydrogens is 466 g/mol. The number of methoxy groups -OCH3 is 2. The molecular formula is C22H23N3O8S. The largest absolute Gasteiger partial charge is 0.493 e. The first-order valence-corrected chi connectivity index (χ1v) is 11.6. The van der Waals surface area contributed by atoms with E-state index in [-0.39, 0.29) is 39.2 Å². The Balaban J connectivity index is 1.98. The molecule has 1 aliphatic rings. The molecule has 0 amide bonds. The molecule has 0 aliphatic carbocycles. The summed E-state index contributed by atoms with van der Waals surface area (Å²) in [6, 6.07) is 8.30. The van der Waals surface area contributed by atoms with Crippen LogP contribution in [0.3, 0.4) is 0 Å². The van der Waals surface area contributed by atoms with Gasteiger partial charge in [-0.05, 0) is 36.4 Å². The van der Waals surface area contributed by atoms with E-state index in [1.165, 1.54) is 61.0 Å². The van der Waals surface area contributed by atoms with Crippen LogP contribution in [-0.2, 0) is 19.6 Å². The number of ether oxygens (including phenoxy) is 3. The lowest BCUT2D eigenvalue weighted by molar-refractivity contribution is -0.385. The average molecular weight is 490 g/mol. The molecule has 0 bridgehead atoms. The molecule has 0 saturated carbocycles. The summed E-state index contributed by atoms with van der Waals surface area (Å²) in [6.07, 6.45) is 1.22. The van der Waals surface area contributed by atoms with E-state index in [2.05, 4.69) is 4.99 Å². The number of benzene rings is 2. The van der Waals surface area contributed by atoms with Gasteiger partial charge < -0.3 is 14.2 Å². The molecule has 0 fully saturated rings. The SMILES string of the molecule is CCN(CC)S(=O)(=O)c1ccc(C2=N/C(=C/c3cc(OC)c(OC)cc3[N+](=O)[O-])C(=O)O2)cc1. The zero-order valence-electron chi connectivity index (χ0n) is 19.0. The van der Waals surface area contributed by atoms with Crippen molar-refractivity contribution >= 4 is 33.7 Å². The highest BCUT2D eigenvalue weighted by atomic mass is 32.2. The van der Waals surface area contributed by atoms with Crippen molar-refractivity contribution in [2.45, 2.75) is 18.7 Å². The highest BCUT2D eigenvalue weighted by Crippen LogP contribution is 2.36. The molecule has 0 aromatic heterocycles. The fourth-order valence-electron chi connectivity index (χ4n) is 3.32. The molecule has 12 heteroatoms. The van der Waals surface area contributed by atoms with Gasteiger partial charge in [0.15, 0.2) is 17.2 Å². The Morgan fingerprint density at radius 1 is 1.09 bits per heavy atom. The number of rotatable bonds is 9. The van der Waals surface area contributed by atoms with Crippen LogP contribution in [0, 0.1) is 10.1 Å². The maximum absolute atomic E-state index is 12.6. The van der Waals surface area contributed by atoms with E-state index in [1.54, 1.807) is 13.8 Å². The van der Waals surface area contributed by atoms with Crippen molar-refractivity contribution in [3.8, 4) is 11.5 Å². The summed E-state index contributed by atoms with van der Waals surface area (Å²) in [6.45, 7) is 4.17. The van der Waals surface area contributed by atoms with E-state index < -0.39 is 20.9 Å². The zero-order chi connectivity index (χ0) is 25.0.